The highest BCUT2D eigenvalue weighted by atomic mass is 79.9. The molecule has 1 saturated heterocycles. The van der Waals surface area contributed by atoms with Gasteiger partial charge in [0.1, 0.15) is 11.0 Å². The van der Waals surface area contributed by atoms with Crippen LogP contribution in [0.25, 0.3) is 10.6 Å². The van der Waals surface area contributed by atoms with E-state index >= 15 is 0 Å². The second-order valence-corrected chi connectivity index (χ2v) is 11.4. The highest BCUT2D eigenvalue weighted by Crippen LogP contribution is 2.30. The van der Waals surface area contributed by atoms with Crippen LogP contribution in [0.3, 0.4) is 0 Å². The van der Waals surface area contributed by atoms with Crippen molar-refractivity contribution in [2.45, 2.75) is 23.8 Å². The number of benzene rings is 2. The summed E-state index contributed by atoms with van der Waals surface area (Å²) in [4.78, 5) is 15.1. The maximum atomic E-state index is 13.1. The van der Waals surface area contributed by atoms with Gasteiger partial charge < -0.3 is 4.90 Å². The quantitative estimate of drug-likeness (QED) is 0.515. The number of aromatic nitrogens is 2. The van der Waals surface area contributed by atoms with Crippen LogP contribution in [0.2, 0.25) is 0 Å². The van der Waals surface area contributed by atoms with Gasteiger partial charge in [-0.05, 0) is 61.4 Å². The molecule has 0 saturated carbocycles. The Bertz CT molecular complexity index is 1210. The van der Waals surface area contributed by atoms with E-state index in [1.165, 1.54) is 27.8 Å². The summed E-state index contributed by atoms with van der Waals surface area (Å²) in [5, 5.41) is 12.0. The molecule has 8 nitrogen and oxygen atoms in total. The molecular formula is C21H22BrN5O3S2. The molecule has 11 heteroatoms. The molecule has 0 radical (unpaired) electrons. The lowest BCUT2D eigenvalue weighted by Crippen LogP contribution is -2.43. The van der Waals surface area contributed by atoms with E-state index in [4.69, 9.17) is 0 Å². The zero-order valence-electron chi connectivity index (χ0n) is 17.5. The summed E-state index contributed by atoms with van der Waals surface area (Å²) < 4.78 is 28.2. The van der Waals surface area contributed by atoms with E-state index in [1.54, 1.807) is 12.1 Å². The van der Waals surface area contributed by atoms with Crippen LogP contribution in [0.4, 0.5) is 10.8 Å². The second kappa shape index (κ2) is 9.26. The zero-order valence-corrected chi connectivity index (χ0v) is 20.7. The van der Waals surface area contributed by atoms with Crippen molar-refractivity contribution in [1.82, 2.24) is 14.5 Å². The zero-order chi connectivity index (χ0) is 22.9. The predicted molar refractivity (Wildman–Crippen MR) is 129 cm³/mol. The van der Waals surface area contributed by atoms with E-state index in [0.717, 1.165) is 15.7 Å². The molecule has 32 heavy (non-hydrogen) atoms. The minimum atomic E-state index is -3.78. The van der Waals surface area contributed by atoms with E-state index in [2.05, 4.69) is 31.4 Å². The number of nitrogens with zero attached hydrogens (tertiary/aromatic N) is 4. The summed E-state index contributed by atoms with van der Waals surface area (Å²) in [6.45, 7) is 0.302. The normalized spacial score (nSPS) is 16.8. The fourth-order valence-electron chi connectivity index (χ4n) is 3.51. The van der Waals surface area contributed by atoms with Gasteiger partial charge in [0.25, 0.3) is 0 Å². The summed E-state index contributed by atoms with van der Waals surface area (Å²) in [5.74, 6) is -0.395. The highest BCUT2D eigenvalue weighted by molar-refractivity contribution is 9.10. The van der Waals surface area contributed by atoms with Gasteiger partial charge in [0.15, 0.2) is 0 Å². The lowest BCUT2D eigenvalue weighted by atomic mass is 10.2. The molecular weight excluding hydrogens is 514 g/mol. The number of rotatable bonds is 6. The van der Waals surface area contributed by atoms with Crippen LogP contribution in [0.5, 0.6) is 0 Å². The Labute approximate surface area is 199 Å². The van der Waals surface area contributed by atoms with E-state index < -0.39 is 22.0 Å². The van der Waals surface area contributed by atoms with Crippen LogP contribution in [-0.2, 0) is 14.8 Å². The van der Waals surface area contributed by atoms with Gasteiger partial charge in [-0.1, -0.05) is 27.3 Å². The number of carbonyl (C=O) groups is 1. The number of halogens is 1. The van der Waals surface area contributed by atoms with Crippen molar-refractivity contribution in [2.75, 3.05) is 30.9 Å². The average molecular weight is 536 g/mol. The van der Waals surface area contributed by atoms with Crippen molar-refractivity contribution in [1.29, 1.82) is 0 Å². The molecule has 1 fully saturated rings. The van der Waals surface area contributed by atoms with Crippen LogP contribution < -0.4 is 10.2 Å². The van der Waals surface area contributed by atoms with Gasteiger partial charge in [-0.3, -0.25) is 10.1 Å². The number of sulfonamides is 1. The third-order valence-electron chi connectivity index (χ3n) is 5.21. The molecule has 1 atom stereocenters. The van der Waals surface area contributed by atoms with Crippen LogP contribution >= 0.6 is 27.3 Å². The molecule has 1 aliphatic heterocycles. The Hall–Kier alpha value is -2.34. The van der Waals surface area contributed by atoms with Crippen molar-refractivity contribution in [3.05, 3.63) is 53.0 Å². The topological polar surface area (TPSA) is 95.5 Å². The number of hydrogen-bond acceptors (Lipinski definition) is 7. The van der Waals surface area contributed by atoms with Gasteiger partial charge in [0.2, 0.25) is 21.1 Å². The Morgan fingerprint density at radius 1 is 1.12 bits per heavy atom. The van der Waals surface area contributed by atoms with Gasteiger partial charge in [0.05, 0.1) is 4.90 Å². The van der Waals surface area contributed by atoms with E-state index in [9.17, 15) is 13.2 Å². The number of anilines is 2. The Kier molecular flexibility index (Phi) is 6.61. The maximum absolute atomic E-state index is 13.1. The molecule has 1 N–H and O–H groups in total. The number of hydrogen-bond donors (Lipinski definition) is 1. The molecule has 0 bridgehead atoms. The summed E-state index contributed by atoms with van der Waals surface area (Å²) >= 11 is 4.56. The first-order chi connectivity index (χ1) is 15.3. The van der Waals surface area contributed by atoms with E-state index in [0.29, 0.717) is 29.5 Å². The van der Waals surface area contributed by atoms with Crippen molar-refractivity contribution >= 4 is 54.0 Å². The fourth-order valence-corrected chi connectivity index (χ4v) is 6.19. The monoisotopic (exact) mass is 535 g/mol. The minimum absolute atomic E-state index is 0.166. The first-order valence-electron chi connectivity index (χ1n) is 9.95. The van der Waals surface area contributed by atoms with Gasteiger partial charge in [-0.25, -0.2) is 8.42 Å². The molecule has 1 aliphatic rings. The predicted octanol–water partition coefficient (Wildman–Crippen LogP) is 3.83. The summed E-state index contributed by atoms with van der Waals surface area (Å²) in [6.07, 6.45) is 1.08. The summed E-state index contributed by atoms with van der Waals surface area (Å²) in [5.41, 5.74) is 1.97. The average Bonchev–Trinajstić information content (AvgIpc) is 3.44. The Balaban J connectivity index is 1.48. The summed E-state index contributed by atoms with van der Waals surface area (Å²) in [6, 6.07) is 13.5. The molecule has 2 aromatic carbocycles. The molecule has 3 aromatic rings. The fraction of sp³-hybridized carbons (Fsp3) is 0.286. The smallest absolute Gasteiger partial charge is 0.244 e. The van der Waals surface area contributed by atoms with Crippen molar-refractivity contribution in [3.8, 4) is 10.6 Å². The van der Waals surface area contributed by atoms with Gasteiger partial charge in [-0.2, -0.15) is 4.31 Å². The lowest BCUT2D eigenvalue weighted by Gasteiger charge is -2.23. The summed E-state index contributed by atoms with van der Waals surface area (Å²) in [7, 11) is 0.162. The third-order valence-corrected chi connectivity index (χ3v) is 8.55. The SMILES string of the molecule is CN(C)c1ccc(-c2nnc(NC(=O)[C@@H]3CCCN3S(=O)(=O)c3ccc(Br)cc3)s2)cc1. The Morgan fingerprint density at radius 3 is 2.47 bits per heavy atom. The minimum Gasteiger partial charge on any atom is -0.378 e. The van der Waals surface area contributed by atoms with Crippen molar-refractivity contribution < 1.29 is 13.2 Å². The molecule has 0 aliphatic carbocycles. The molecule has 1 aromatic heterocycles. The second-order valence-electron chi connectivity index (χ2n) is 7.57. The van der Waals surface area contributed by atoms with Gasteiger partial charge in [-0.15, -0.1) is 10.2 Å². The number of amides is 1. The molecule has 0 unspecified atom stereocenters. The van der Waals surface area contributed by atoms with Crippen molar-refractivity contribution in [2.24, 2.45) is 0 Å². The van der Waals surface area contributed by atoms with Crippen LogP contribution in [0, 0.1) is 0 Å². The first kappa shape index (κ1) is 22.8. The molecule has 168 valence electrons. The number of carbonyl (C=O) groups excluding carboxylic acids is 1. The number of nitrogens with one attached hydrogen (secondary N) is 1. The van der Waals surface area contributed by atoms with Gasteiger partial charge >= 0.3 is 0 Å². The lowest BCUT2D eigenvalue weighted by molar-refractivity contribution is -0.119. The molecule has 1 amide bonds. The van der Waals surface area contributed by atoms with Crippen molar-refractivity contribution in [3.63, 3.8) is 0 Å². The highest BCUT2D eigenvalue weighted by Gasteiger charge is 2.39. The van der Waals surface area contributed by atoms with E-state index in [1.807, 2.05) is 43.3 Å². The van der Waals surface area contributed by atoms with Gasteiger partial charge in [0, 0.05) is 36.4 Å². The largest absolute Gasteiger partial charge is 0.378 e. The maximum Gasteiger partial charge on any atom is 0.244 e. The van der Waals surface area contributed by atoms with Crippen LogP contribution in [0.15, 0.2) is 57.9 Å². The molecule has 4 rings (SSSR count). The van der Waals surface area contributed by atoms with Crippen LogP contribution in [-0.4, -0.2) is 55.5 Å². The first-order valence-corrected chi connectivity index (χ1v) is 13.0. The Morgan fingerprint density at radius 2 is 1.81 bits per heavy atom. The molecule has 0 spiro atoms. The van der Waals surface area contributed by atoms with Crippen LogP contribution in [0.1, 0.15) is 12.8 Å². The van der Waals surface area contributed by atoms with E-state index in [-0.39, 0.29) is 4.90 Å². The third kappa shape index (κ3) is 4.70. The molecule has 2 heterocycles. The standard InChI is InChI=1S/C21H22BrN5O3S2/c1-26(2)16-9-5-14(6-10-16)20-24-25-21(31-20)23-19(28)18-4-3-13-27(18)32(29,30)17-11-7-15(22)8-12-17/h5-12,18H,3-4,13H2,1-2H3,(H,23,25,28)/t18-/m0/s1.